The van der Waals surface area contributed by atoms with Crippen LogP contribution in [0.15, 0.2) is 89.5 Å². The summed E-state index contributed by atoms with van der Waals surface area (Å²) in [6.45, 7) is 2.63. The number of benzene rings is 3. The molecule has 0 radical (unpaired) electrons. The summed E-state index contributed by atoms with van der Waals surface area (Å²) >= 11 is 0. The molecule has 1 aromatic heterocycles. The monoisotopic (exact) mass is 542 g/mol. The highest BCUT2D eigenvalue weighted by Crippen LogP contribution is 2.19. The summed E-state index contributed by atoms with van der Waals surface area (Å²) in [5.41, 5.74) is 4.54. The van der Waals surface area contributed by atoms with Gasteiger partial charge in [0, 0.05) is 18.4 Å². The van der Waals surface area contributed by atoms with Crippen LogP contribution in [0.1, 0.15) is 42.1 Å². The number of aryl methyl sites for hydroxylation is 1. The van der Waals surface area contributed by atoms with Gasteiger partial charge in [-0.2, -0.15) is 0 Å². The molecular weight excluding hydrogens is 508 g/mol. The first kappa shape index (κ1) is 28.4. The van der Waals surface area contributed by atoms with Gasteiger partial charge in [0.15, 0.2) is 0 Å². The molecule has 8 heteroatoms. The van der Waals surface area contributed by atoms with Crippen LogP contribution in [-0.2, 0) is 35.4 Å². The molecule has 0 bridgehead atoms. The van der Waals surface area contributed by atoms with Gasteiger partial charge in [0.2, 0.25) is 5.89 Å². The number of carboxylic acids is 1. The number of aromatic nitrogens is 1. The number of carboxylic acid groups (broad SMARTS) is 1. The Balaban J connectivity index is 1.21. The van der Waals surface area contributed by atoms with Crippen LogP contribution in [0.5, 0.6) is 5.75 Å². The normalized spacial score (nSPS) is 11.5. The fourth-order valence-electron chi connectivity index (χ4n) is 4.08. The second-order valence-electron chi connectivity index (χ2n) is 9.49. The molecule has 0 saturated heterocycles. The van der Waals surface area contributed by atoms with Gasteiger partial charge in [-0.15, -0.1) is 0 Å². The number of oxazole rings is 1. The number of amides is 1. The van der Waals surface area contributed by atoms with Crippen molar-refractivity contribution in [1.29, 1.82) is 0 Å². The van der Waals surface area contributed by atoms with Crippen molar-refractivity contribution in [3.8, 4) is 17.2 Å². The molecule has 1 heterocycles. The predicted octanol–water partition coefficient (Wildman–Crippen LogP) is 6.23. The van der Waals surface area contributed by atoms with Crippen molar-refractivity contribution in [2.24, 2.45) is 0 Å². The molecule has 8 nitrogen and oxygen atoms in total. The van der Waals surface area contributed by atoms with Crippen molar-refractivity contribution in [3.05, 3.63) is 108 Å². The van der Waals surface area contributed by atoms with Crippen molar-refractivity contribution in [2.75, 3.05) is 6.61 Å². The number of ether oxygens (including phenoxy) is 2. The minimum Gasteiger partial charge on any atom is -0.493 e. The van der Waals surface area contributed by atoms with Gasteiger partial charge in [-0.25, -0.2) is 14.6 Å². The lowest BCUT2D eigenvalue weighted by atomic mass is 10.1. The van der Waals surface area contributed by atoms with Gasteiger partial charge in [-0.05, 0) is 53.8 Å². The third-order valence-corrected chi connectivity index (χ3v) is 6.36. The number of aliphatic carboxylic acids is 1. The van der Waals surface area contributed by atoms with Crippen LogP contribution in [0.3, 0.4) is 0 Å². The van der Waals surface area contributed by atoms with E-state index in [0.717, 1.165) is 41.6 Å². The van der Waals surface area contributed by atoms with Crippen molar-refractivity contribution in [1.82, 2.24) is 10.3 Å². The first-order chi connectivity index (χ1) is 19.5. The lowest BCUT2D eigenvalue weighted by Crippen LogP contribution is -2.42. The highest BCUT2D eigenvalue weighted by molar-refractivity contribution is 5.80. The Kier molecular flexibility index (Phi) is 10.3. The molecule has 1 amide bonds. The molecule has 4 aromatic rings. The predicted molar refractivity (Wildman–Crippen MR) is 151 cm³/mol. The zero-order valence-corrected chi connectivity index (χ0v) is 22.5. The summed E-state index contributed by atoms with van der Waals surface area (Å²) in [7, 11) is 0. The average Bonchev–Trinajstić information content (AvgIpc) is 3.45. The van der Waals surface area contributed by atoms with Crippen LogP contribution in [0.2, 0.25) is 0 Å². The summed E-state index contributed by atoms with van der Waals surface area (Å²) in [5.74, 6) is 0.0809. The number of rotatable bonds is 14. The Labute approximate surface area is 234 Å². The molecule has 0 saturated carbocycles. The Hall–Kier alpha value is -4.59. The molecule has 208 valence electrons. The second kappa shape index (κ2) is 14.5. The van der Waals surface area contributed by atoms with Gasteiger partial charge in [-0.3, -0.25) is 0 Å². The standard InChI is InChI=1S/C32H34N2O6/c1-2-3-7-23-10-12-25(13-11-23)21-40-32(37)34-29(31(35)36)20-24-14-16-28(17-15-24)38-19-18-27-22-39-30(33-27)26-8-5-4-6-9-26/h4-6,8-17,22,29H,2-3,7,18-21H2,1H3,(H,34,37)(H,35,36)/t29-/m0/s1. The number of nitrogens with zero attached hydrogens (tertiary/aromatic N) is 1. The summed E-state index contributed by atoms with van der Waals surface area (Å²) in [5, 5.41) is 12.1. The Morgan fingerprint density at radius 3 is 2.33 bits per heavy atom. The maximum Gasteiger partial charge on any atom is 0.408 e. The van der Waals surface area contributed by atoms with Crippen molar-refractivity contribution in [3.63, 3.8) is 0 Å². The minimum absolute atomic E-state index is 0.0696. The lowest BCUT2D eigenvalue weighted by molar-refractivity contribution is -0.139. The molecular formula is C32H34N2O6. The molecule has 0 unspecified atom stereocenters. The largest absolute Gasteiger partial charge is 0.493 e. The molecule has 2 N–H and O–H groups in total. The van der Waals surface area contributed by atoms with Crippen molar-refractivity contribution < 1.29 is 28.6 Å². The van der Waals surface area contributed by atoms with Crippen LogP contribution in [0.25, 0.3) is 11.5 Å². The third-order valence-electron chi connectivity index (χ3n) is 6.36. The van der Waals surface area contributed by atoms with Crippen LogP contribution >= 0.6 is 0 Å². The number of carbonyl (C=O) groups is 2. The number of alkyl carbamates (subject to hydrolysis) is 1. The average molecular weight is 543 g/mol. The lowest BCUT2D eigenvalue weighted by Gasteiger charge is -2.15. The molecule has 0 fully saturated rings. The summed E-state index contributed by atoms with van der Waals surface area (Å²) < 4.78 is 16.6. The number of hydrogen-bond donors (Lipinski definition) is 2. The quantitative estimate of drug-likeness (QED) is 0.194. The van der Waals surface area contributed by atoms with Crippen molar-refractivity contribution >= 4 is 12.1 Å². The van der Waals surface area contributed by atoms with E-state index in [1.807, 2.05) is 54.6 Å². The number of carbonyl (C=O) groups excluding carboxylic acids is 1. The highest BCUT2D eigenvalue weighted by Gasteiger charge is 2.21. The number of hydrogen-bond acceptors (Lipinski definition) is 6. The van der Waals surface area contributed by atoms with E-state index in [0.29, 0.717) is 24.7 Å². The maximum atomic E-state index is 12.3. The van der Waals surface area contributed by atoms with Gasteiger partial charge in [0.25, 0.3) is 0 Å². The SMILES string of the molecule is CCCCc1ccc(COC(=O)N[C@@H](Cc2ccc(OCCc3coc(-c4ccccc4)n3)cc2)C(=O)O)cc1. The smallest absolute Gasteiger partial charge is 0.408 e. The minimum atomic E-state index is -1.14. The first-order valence-electron chi connectivity index (χ1n) is 13.5. The van der Waals surface area contributed by atoms with E-state index in [1.54, 1.807) is 30.5 Å². The van der Waals surface area contributed by atoms with Crippen LogP contribution in [0, 0.1) is 0 Å². The topological polar surface area (TPSA) is 111 Å². The molecule has 0 aliphatic heterocycles. The second-order valence-corrected chi connectivity index (χ2v) is 9.49. The highest BCUT2D eigenvalue weighted by atomic mass is 16.5. The van der Waals surface area contributed by atoms with E-state index in [4.69, 9.17) is 13.9 Å². The molecule has 0 spiro atoms. The number of unbranched alkanes of at least 4 members (excludes halogenated alkanes) is 1. The fourth-order valence-corrected chi connectivity index (χ4v) is 4.08. The van der Waals surface area contributed by atoms with E-state index in [-0.39, 0.29) is 13.0 Å². The fraction of sp³-hybridized carbons (Fsp3) is 0.281. The summed E-state index contributed by atoms with van der Waals surface area (Å²) in [6, 6.07) is 23.6. The van der Waals surface area contributed by atoms with Crippen LogP contribution in [0.4, 0.5) is 4.79 Å². The summed E-state index contributed by atoms with van der Waals surface area (Å²) in [4.78, 5) is 28.5. The van der Waals surface area contributed by atoms with E-state index < -0.39 is 18.1 Å². The maximum absolute atomic E-state index is 12.3. The van der Waals surface area contributed by atoms with Gasteiger partial charge < -0.3 is 24.3 Å². The molecule has 4 rings (SSSR count). The van der Waals surface area contributed by atoms with Crippen molar-refractivity contribution in [2.45, 2.75) is 51.7 Å². The molecule has 0 aliphatic rings. The Morgan fingerprint density at radius 2 is 1.62 bits per heavy atom. The molecule has 0 aliphatic carbocycles. The Morgan fingerprint density at radius 1 is 0.925 bits per heavy atom. The third kappa shape index (κ3) is 8.73. The molecule has 3 aromatic carbocycles. The van der Waals surface area contributed by atoms with Crippen LogP contribution in [-0.4, -0.2) is 34.8 Å². The summed E-state index contributed by atoms with van der Waals surface area (Å²) in [6.07, 6.45) is 4.82. The van der Waals surface area contributed by atoms with Gasteiger partial charge in [-0.1, -0.05) is 67.9 Å². The van der Waals surface area contributed by atoms with E-state index >= 15 is 0 Å². The molecule has 1 atom stereocenters. The van der Waals surface area contributed by atoms with E-state index in [1.165, 1.54) is 5.56 Å². The van der Waals surface area contributed by atoms with Gasteiger partial charge >= 0.3 is 12.1 Å². The van der Waals surface area contributed by atoms with Crippen LogP contribution < -0.4 is 10.1 Å². The van der Waals surface area contributed by atoms with E-state index in [9.17, 15) is 14.7 Å². The molecule has 40 heavy (non-hydrogen) atoms. The zero-order chi connectivity index (χ0) is 28.2. The number of nitrogens with one attached hydrogen (secondary N) is 1. The first-order valence-corrected chi connectivity index (χ1v) is 13.5. The zero-order valence-electron chi connectivity index (χ0n) is 22.5. The van der Waals surface area contributed by atoms with Gasteiger partial charge in [0.1, 0.15) is 24.7 Å². The van der Waals surface area contributed by atoms with Gasteiger partial charge in [0.05, 0.1) is 12.3 Å². The Bertz CT molecular complexity index is 1350. The van der Waals surface area contributed by atoms with E-state index in [2.05, 4.69) is 17.2 Å².